The predicted molar refractivity (Wildman–Crippen MR) is 302 cm³/mol. The predicted octanol–water partition coefficient (Wildman–Crippen LogP) is -0.870. The molecule has 5 aromatic rings. The van der Waals surface area contributed by atoms with Crippen molar-refractivity contribution in [3.63, 3.8) is 0 Å². The van der Waals surface area contributed by atoms with Crippen molar-refractivity contribution in [2.45, 2.75) is 94.2 Å². The number of hydrogen-bond acceptors (Lipinski definition) is 15. The Labute approximate surface area is 476 Å². The van der Waals surface area contributed by atoms with Gasteiger partial charge >= 0.3 is 12.0 Å². The van der Waals surface area contributed by atoms with Crippen LogP contribution in [0.3, 0.4) is 0 Å². The van der Waals surface area contributed by atoms with Gasteiger partial charge in [-0.05, 0) is 54.2 Å². The van der Waals surface area contributed by atoms with E-state index in [1.807, 2.05) is 54.6 Å². The molecule has 7 atom stereocenters. The zero-order valence-corrected chi connectivity index (χ0v) is 46.0. The third-order valence-electron chi connectivity index (χ3n) is 13.4. The molecule has 10 amide bonds. The van der Waals surface area contributed by atoms with Gasteiger partial charge in [-0.1, -0.05) is 82.3 Å². The van der Waals surface area contributed by atoms with Crippen molar-refractivity contribution in [3.8, 4) is 0 Å². The van der Waals surface area contributed by atoms with E-state index in [1.54, 1.807) is 18.3 Å². The zero-order valence-electron chi connectivity index (χ0n) is 44.3. The number of carbonyl (C=O) groups excluding carboxylic acids is 10. The number of benzene rings is 3. The number of H-pyrrole nitrogens is 2. The Bertz CT molecular complexity index is 3200. The van der Waals surface area contributed by atoms with Crippen molar-refractivity contribution in [2.24, 2.45) is 5.73 Å². The Morgan fingerprint density at radius 1 is 0.732 bits per heavy atom. The van der Waals surface area contributed by atoms with Crippen LogP contribution < -0.4 is 53.6 Å². The van der Waals surface area contributed by atoms with Gasteiger partial charge < -0.3 is 68.7 Å². The fourth-order valence-corrected chi connectivity index (χ4v) is 11.4. The van der Waals surface area contributed by atoms with Gasteiger partial charge in [-0.25, -0.2) is 9.78 Å². The summed E-state index contributed by atoms with van der Waals surface area (Å²) in [4.78, 5) is 162. The van der Waals surface area contributed by atoms with Gasteiger partial charge in [0, 0.05) is 72.7 Å². The number of aliphatic carboxylic acids is 1. The average Bonchev–Trinajstić information content (AvgIpc) is 4.25. The molecule has 2 aromatic heterocycles. The second kappa shape index (κ2) is 28.9. The molecule has 2 fully saturated rings. The second-order valence-electron chi connectivity index (χ2n) is 19.5. The summed E-state index contributed by atoms with van der Waals surface area (Å²) in [5.41, 5.74) is 7.80. The van der Waals surface area contributed by atoms with Crippen molar-refractivity contribution >= 4 is 114 Å². The normalized spacial score (nSPS) is 22.0. The molecule has 0 unspecified atom stereocenters. The number of aromatic amines is 2. The van der Waals surface area contributed by atoms with Crippen LogP contribution in [0.15, 0.2) is 85.5 Å². The minimum Gasteiger partial charge on any atom is -0.481 e. The number of nitrogens with one attached hydrogen (secondary N) is 12. The monoisotopic (exact) mass is 1170 g/mol. The van der Waals surface area contributed by atoms with Crippen molar-refractivity contribution < 1.29 is 57.8 Å². The van der Waals surface area contributed by atoms with Crippen molar-refractivity contribution in [3.05, 3.63) is 102 Å². The molecule has 29 heteroatoms. The van der Waals surface area contributed by atoms with E-state index in [0.29, 0.717) is 21.7 Å². The first-order valence-electron chi connectivity index (χ1n) is 26.1. The number of fused-ring (bicyclic) bond motifs is 2. The summed E-state index contributed by atoms with van der Waals surface area (Å²) >= 11 is 0. The standard InChI is InChI=1S/C53H63N15O12S2/c1-28(69)41-25-81-82-26-42(61-43(70)24-68-44(71)23-59-53(68)80)51(79)63-37(14-15-45(72)73)47(75)66-40(20-33-22-56-27-60-33)50(78)64-38(18-29-12-13-30-7-2-3-8-31(30)17-29)48(76)62-36(11-6-16-57-52(54)55)46(74)65-39(49(77)67-41)19-32-21-58-35-10-5-4-9-34(32)35/h2-5,7-10,12-13,17,21-22,27,36-42,58H,6,11,14-16,18-20,23-26H2,1H3,(H,56,60)(H,59,80)(H,61,70)(H,62,76)(H,63,79)(H,64,78)(H,65,74)(H,66,75)(H,67,77)(H,72,73)(H4,54,55,57)/t36-,37-,38+,39-,40-,41-,42-/m0/s1. The van der Waals surface area contributed by atoms with Crippen molar-refractivity contribution in [1.29, 1.82) is 5.41 Å². The quantitative estimate of drug-likeness (QED) is 0.0177. The van der Waals surface area contributed by atoms with Crippen LogP contribution in [0.4, 0.5) is 4.79 Å². The SMILES string of the molecule is CC(=O)[C@@H]1CSSC[C@H](NC(=O)CN2C(=O)CNC2=O)C(=O)N[C@@H](CCC(=O)O)C(=O)N[C@@H](Cc2cnc[nH]2)C(=O)N[C@H](Cc2ccc3ccccc3c2)C(=O)N[C@@H](CCCNC(=N)N)C(=O)N[C@@H](Cc2c[nH]c3ccccc23)C(=O)N1. The molecule has 0 spiro atoms. The Morgan fingerprint density at radius 2 is 1.35 bits per heavy atom. The zero-order chi connectivity index (χ0) is 58.9. The Morgan fingerprint density at radius 3 is 2.02 bits per heavy atom. The number of rotatable bonds is 17. The maximum Gasteiger partial charge on any atom is 0.325 e. The number of ketones is 1. The average molecular weight is 1170 g/mol. The second-order valence-corrected chi connectivity index (χ2v) is 22.0. The minimum atomic E-state index is -1.69. The first kappa shape index (κ1) is 60.6. The van der Waals surface area contributed by atoms with E-state index in [2.05, 4.69) is 62.8 Å². The van der Waals surface area contributed by atoms with E-state index >= 15 is 0 Å². The number of carbonyl (C=O) groups is 11. The van der Waals surface area contributed by atoms with Crippen molar-refractivity contribution in [2.75, 3.05) is 31.1 Å². The smallest absolute Gasteiger partial charge is 0.325 e. The van der Waals surface area contributed by atoms with Crippen LogP contribution in [0, 0.1) is 5.41 Å². The highest BCUT2D eigenvalue weighted by molar-refractivity contribution is 8.76. The first-order chi connectivity index (χ1) is 39.3. The Kier molecular flexibility index (Phi) is 21.4. The van der Waals surface area contributed by atoms with E-state index in [4.69, 9.17) is 11.1 Å². The van der Waals surface area contributed by atoms with E-state index < -0.39 is 127 Å². The lowest BCUT2D eigenvalue weighted by Gasteiger charge is -2.28. The van der Waals surface area contributed by atoms with Gasteiger partial charge in [0.25, 0.3) is 5.91 Å². The van der Waals surface area contributed by atoms with Gasteiger partial charge in [0.15, 0.2) is 11.7 Å². The molecule has 0 bridgehead atoms. The summed E-state index contributed by atoms with van der Waals surface area (Å²) in [5, 5.41) is 43.4. The van der Waals surface area contributed by atoms with Crippen LogP contribution in [0.1, 0.15) is 49.4 Å². The number of nitrogens with zero attached hydrogens (tertiary/aromatic N) is 2. The number of imidazole rings is 1. The number of guanidine groups is 1. The third kappa shape index (κ3) is 17.3. The van der Waals surface area contributed by atoms with Gasteiger partial charge in [0.2, 0.25) is 41.4 Å². The lowest BCUT2D eigenvalue weighted by atomic mass is 9.99. The maximum atomic E-state index is 15.0. The summed E-state index contributed by atoms with van der Waals surface area (Å²) < 4.78 is 0. The largest absolute Gasteiger partial charge is 0.481 e. The number of hydrogen-bond donors (Lipinski definition) is 14. The minimum absolute atomic E-state index is 0.0883. The molecule has 2 saturated heterocycles. The third-order valence-corrected chi connectivity index (χ3v) is 15.8. The van der Waals surface area contributed by atoms with E-state index in [0.717, 1.165) is 43.3 Å². The number of aromatic nitrogens is 3. The van der Waals surface area contributed by atoms with Gasteiger partial charge in [-0.3, -0.25) is 58.3 Å². The highest BCUT2D eigenvalue weighted by Crippen LogP contribution is 2.25. The van der Waals surface area contributed by atoms with Gasteiger partial charge in [-0.15, -0.1) is 0 Å². The maximum absolute atomic E-state index is 15.0. The van der Waals surface area contributed by atoms with Gasteiger partial charge in [-0.2, -0.15) is 0 Å². The summed E-state index contributed by atoms with van der Waals surface area (Å²) in [5.74, 6) is -9.82. The number of urea groups is 1. The van der Waals surface area contributed by atoms with Gasteiger partial charge in [0.1, 0.15) is 42.8 Å². The number of carboxylic acid groups (broad SMARTS) is 1. The van der Waals surface area contributed by atoms with Crippen LogP contribution in [0.25, 0.3) is 21.7 Å². The molecule has 0 aliphatic carbocycles. The van der Waals surface area contributed by atoms with Crippen molar-refractivity contribution in [1.82, 2.24) is 67.7 Å². The molecule has 2 aliphatic heterocycles. The molecule has 15 N–H and O–H groups in total. The number of Topliss-reactive ketones (excluding diaryl/α,β-unsaturated/α-hetero) is 1. The summed E-state index contributed by atoms with van der Waals surface area (Å²) in [6.45, 7) is 0.159. The summed E-state index contributed by atoms with van der Waals surface area (Å²) in [6, 6.07) is 8.90. The molecular formula is C53H63N15O12S2. The van der Waals surface area contributed by atoms with Crippen LogP contribution in [-0.2, 0) is 67.2 Å². The van der Waals surface area contributed by atoms with Crippen LogP contribution in [0.2, 0.25) is 0 Å². The molecule has 27 nitrogen and oxygen atoms in total. The van der Waals surface area contributed by atoms with E-state index in [-0.39, 0.29) is 62.7 Å². The van der Waals surface area contributed by atoms with E-state index in [9.17, 15) is 57.8 Å². The lowest BCUT2D eigenvalue weighted by molar-refractivity contribution is -0.138. The lowest BCUT2D eigenvalue weighted by Crippen LogP contribution is -2.61. The highest BCUT2D eigenvalue weighted by Gasteiger charge is 2.37. The molecule has 2 aliphatic rings. The topological polar surface area (TPSA) is 414 Å². The highest BCUT2D eigenvalue weighted by atomic mass is 33.1. The molecule has 0 radical (unpaired) electrons. The van der Waals surface area contributed by atoms with Crippen LogP contribution >= 0.6 is 21.6 Å². The fourth-order valence-electron chi connectivity index (χ4n) is 9.01. The van der Waals surface area contributed by atoms with Crippen LogP contribution in [-0.4, -0.2) is 169 Å². The molecule has 82 heavy (non-hydrogen) atoms. The fraction of sp³-hybridized carbons (Fsp3) is 0.377. The Hall–Kier alpha value is -8.99. The number of para-hydroxylation sites is 1. The molecule has 7 rings (SSSR count). The summed E-state index contributed by atoms with van der Waals surface area (Å²) in [7, 11) is 1.95. The number of imide groups is 1. The molecule has 0 saturated carbocycles. The number of carboxylic acids is 1. The number of amides is 10. The summed E-state index contributed by atoms with van der Waals surface area (Å²) in [6.07, 6.45) is 2.66. The Balaban J connectivity index is 1.28. The van der Waals surface area contributed by atoms with E-state index in [1.165, 1.54) is 19.4 Å². The first-order valence-corrected chi connectivity index (χ1v) is 28.5. The molecular weight excluding hydrogens is 1100 g/mol. The molecule has 3 aromatic carbocycles. The van der Waals surface area contributed by atoms with Crippen LogP contribution in [0.5, 0.6) is 0 Å². The number of nitrogens with two attached hydrogens (primary N) is 1. The molecule has 434 valence electrons. The molecule has 4 heterocycles. The van der Waals surface area contributed by atoms with Gasteiger partial charge in [0.05, 0.1) is 18.9 Å².